The van der Waals surface area contributed by atoms with Crippen LogP contribution in [0, 0.1) is 0 Å². The number of aliphatic carboxylic acids is 1. The molecule has 0 fully saturated rings. The van der Waals surface area contributed by atoms with Gasteiger partial charge in [0, 0.05) is 24.7 Å². The van der Waals surface area contributed by atoms with E-state index in [4.69, 9.17) is 9.84 Å². The van der Waals surface area contributed by atoms with Gasteiger partial charge in [-0.05, 0) is 53.5 Å². The van der Waals surface area contributed by atoms with E-state index in [2.05, 4.69) is 0 Å². The second kappa shape index (κ2) is 7.21. The quantitative estimate of drug-likeness (QED) is 0.871. The number of carbonyl (C=O) groups is 2. The van der Waals surface area contributed by atoms with Crippen LogP contribution in [-0.2, 0) is 17.8 Å². The molecule has 0 aliphatic carbocycles. The van der Waals surface area contributed by atoms with Gasteiger partial charge in [0.1, 0.15) is 5.75 Å². The molecule has 0 saturated heterocycles. The third kappa shape index (κ3) is 3.71. The summed E-state index contributed by atoms with van der Waals surface area (Å²) in [5.41, 5.74) is 3.70. The lowest BCUT2D eigenvalue weighted by Crippen LogP contribution is -2.36. The molecule has 1 amide bonds. The molecule has 1 aliphatic rings. The molecule has 128 valence electrons. The summed E-state index contributed by atoms with van der Waals surface area (Å²) in [7, 11) is 1.59. The van der Waals surface area contributed by atoms with Crippen LogP contribution in [-0.4, -0.2) is 35.5 Å². The molecule has 2 aromatic carbocycles. The van der Waals surface area contributed by atoms with Crippen molar-refractivity contribution in [3.63, 3.8) is 0 Å². The van der Waals surface area contributed by atoms with Gasteiger partial charge in [-0.15, -0.1) is 0 Å². The van der Waals surface area contributed by atoms with Gasteiger partial charge in [0.2, 0.25) is 0 Å². The van der Waals surface area contributed by atoms with E-state index in [-0.39, 0.29) is 5.91 Å². The molecule has 0 radical (unpaired) electrons. The molecule has 2 aromatic rings. The number of methoxy groups -OCH3 is 1. The Labute approximate surface area is 146 Å². The molecule has 0 unspecified atom stereocenters. The van der Waals surface area contributed by atoms with Gasteiger partial charge >= 0.3 is 5.97 Å². The minimum Gasteiger partial charge on any atom is -0.497 e. The first-order chi connectivity index (χ1) is 12.1. The average molecular weight is 337 g/mol. The Morgan fingerprint density at radius 2 is 1.92 bits per heavy atom. The van der Waals surface area contributed by atoms with Crippen LogP contribution in [0.4, 0.5) is 0 Å². The average Bonchev–Trinajstić information content (AvgIpc) is 2.65. The number of hydrogen-bond donors (Lipinski definition) is 1. The van der Waals surface area contributed by atoms with Crippen LogP contribution in [0.2, 0.25) is 0 Å². The highest BCUT2D eigenvalue weighted by Gasteiger charge is 2.22. The number of carboxylic acid groups (broad SMARTS) is 1. The van der Waals surface area contributed by atoms with Gasteiger partial charge < -0.3 is 14.7 Å². The van der Waals surface area contributed by atoms with Gasteiger partial charge in [0.25, 0.3) is 5.91 Å². The summed E-state index contributed by atoms with van der Waals surface area (Å²) in [6.07, 6.45) is 3.46. The van der Waals surface area contributed by atoms with Crippen LogP contribution < -0.4 is 4.74 Å². The molecule has 0 atom stereocenters. The minimum atomic E-state index is -0.968. The Balaban J connectivity index is 1.80. The smallest absolute Gasteiger partial charge is 0.328 e. The molecule has 0 spiro atoms. The van der Waals surface area contributed by atoms with Crippen LogP contribution in [0.3, 0.4) is 0 Å². The maximum absolute atomic E-state index is 12.7. The topological polar surface area (TPSA) is 66.8 Å². The number of amides is 1. The summed E-state index contributed by atoms with van der Waals surface area (Å²) in [5, 5.41) is 8.81. The number of nitrogens with zero attached hydrogens (tertiary/aromatic N) is 1. The highest BCUT2D eigenvalue weighted by molar-refractivity contribution is 5.94. The fraction of sp³-hybridized carbons (Fsp3) is 0.200. The fourth-order valence-corrected chi connectivity index (χ4v) is 3.05. The highest BCUT2D eigenvalue weighted by Crippen LogP contribution is 2.25. The normalized spacial score (nSPS) is 13.6. The van der Waals surface area contributed by atoms with E-state index in [1.165, 1.54) is 0 Å². The first-order valence-corrected chi connectivity index (χ1v) is 8.03. The number of hydrogen-bond acceptors (Lipinski definition) is 3. The van der Waals surface area contributed by atoms with Crippen LogP contribution in [0.5, 0.6) is 5.75 Å². The SMILES string of the molecule is COc1ccc(C(=O)N2CCc3c(/C=C/C(=O)O)cccc3C2)cc1. The Morgan fingerprint density at radius 1 is 1.16 bits per heavy atom. The van der Waals surface area contributed by atoms with Crippen molar-refractivity contribution in [3.05, 3.63) is 70.8 Å². The van der Waals surface area contributed by atoms with E-state index < -0.39 is 5.97 Å². The summed E-state index contributed by atoms with van der Waals surface area (Å²) in [6, 6.07) is 12.9. The zero-order valence-electron chi connectivity index (χ0n) is 13.9. The Hall–Kier alpha value is -3.08. The molecule has 0 bridgehead atoms. The number of rotatable bonds is 4. The molecule has 1 heterocycles. The lowest BCUT2D eigenvalue weighted by molar-refractivity contribution is -0.131. The number of carbonyl (C=O) groups excluding carboxylic acids is 1. The van der Waals surface area contributed by atoms with Gasteiger partial charge in [0.05, 0.1) is 7.11 Å². The number of benzene rings is 2. The molecule has 1 N–H and O–H groups in total. The van der Waals surface area contributed by atoms with Crippen molar-refractivity contribution in [1.29, 1.82) is 0 Å². The number of ether oxygens (including phenoxy) is 1. The molecular formula is C20H19NO4. The zero-order chi connectivity index (χ0) is 17.8. The van der Waals surface area contributed by atoms with Gasteiger partial charge in [-0.2, -0.15) is 0 Å². The molecule has 5 nitrogen and oxygen atoms in total. The minimum absolute atomic E-state index is 0.0141. The van der Waals surface area contributed by atoms with E-state index >= 15 is 0 Å². The van der Waals surface area contributed by atoms with Crippen LogP contribution in [0.1, 0.15) is 27.0 Å². The monoisotopic (exact) mass is 337 g/mol. The Bertz CT molecular complexity index is 824. The fourth-order valence-electron chi connectivity index (χ4n) is 3.05. The van der Waals surface area contributed by atoms with Gasteiger partial charge in [-0.25, -0.2) is 4.79 Å². The molecule has 3 rings (SSSR count). The molecule has 25 heavy (non-hydrogen) atoms. The zero-order valence-corrected chi connectivity index (χ0v) is 13.9. The van der Waals surface area contributed by atoms with Gasteiger partial charge in [0.15, 0.2) is 0 Å². The second-order valence-corrected chi connectivity index (χ2v) is 5.86. The van der Waals surface area contributed by atoms with E-state index in [0.29, 0.717) is 25.1 Å². The first-order valence-electron chi connectivity index (χ1n) is 8.03. The summed E-state index contributed by atoms with van der Waals surface area (Å²) >= 11 is 0. The van der Waals surface area contributed by atoms with Crippen molar-refractivity contribution < 1.29 is 19.4 Å². The Kier molecular flexibility index (Phi) is 4.84. The van der Waals surface area contributed by atoms with Crippen molar-refractivity contribution in [2.45, 2.75) is 13.0 Å². The number of fused-ring (bicyclic) bond motifs is 1. The summed E-state index contributed by atoms with van der Waals surface area (Å²) < 4.78 is 5.12. The predicted octanol–water partition coefficient (Wildman–Crippen LogP) is 2.99. The van der Waals surface area contributed by atoms with E-state index in [1.807, 2.05) is 23.1 Å². The van der Waals surface area contributed by atoms with Crippen LogP contribution in [0.15, 0.2) is 48.5 Å². The molecule has 1 aliphatic heterocycles. The van der Waals surface area contributed by atoms with Crippen molar-refractivity contribution >= 4 is 18.0 Å². The maximum Gasteiger partial charge on any atom is 0.328 e. The third-order valence-corrected chi connectivity index (χ3v) is 4.33. The van der Waals surface area contributed by atoms with E-state index in [0.717, 1.165) is 28.5 Å². The first kappa shape index (κ1) is 16.8. The lowest BCUT2D eigenvalue weighted by Gasteiger charge is -2.30. The van der Waals surface area contributed by atoms with Crippen LogP contribution >= 0.6 is 0 Å². The third-order valence-electron chi connectivity index (χ3n) is 4.33. The van der Waals surface area contributed by atoms with Crippen molar-refractivity contribution in [2.75, 3.05) is 13.7 Å². The maximum atomic E-state index is 12.7. The molecule has 0 saturated carbocycles. The summed E-state index contributed by atoms with van der Waals surface area (Å²) in [4.78, 5) is 25.3. The van der Waals surface area contributed by atoms with Crippen molar-refractivity contribution in [3.8, 4) is 5.75 Å². The summed E-state index contributed by atoms with van der Waals surface area (Å²) in [5.74, 6) is -0.264. The van der Waals surface area contributed by atoms with Crippen molar-refractivity contribution in [2.24, 2.45) is 0 Å². The largest absolute Gasteiger partial charge is 0.497 e. The van der Waals surface area contributed by atoms with Crippen molar-refractivity contribution in [1.82, 2.24) is 4.90 Å². The lowest BCUT2D eigenvalue weighted by atomic mass is 9.94. The van der Waals surface area contributed by atoms with Crippen LogP contribution in [0.25, 0.3) is 6.08 Å². The number of carboxylic acids is 1. The highest BCUT2D eigenvalue weighted by atomic mass is 16.5. The van der Waals surface area contributed by atoms with Gasteiger partial charge in [-0.3, -0.25) is 4.79 Å². The van der Waals surface area contributed by atoms with E-state index in [1.54, 1.807) is 37.5 Å². The van der Waals surface area contributed by atoms with Gasteiger partial charge in [-0.1, -0.05) is 18.2 Å². The standard InChI is InChI=1S/C20H19NO4/c1-25-17-8-5-15(6-9-17)20(24)21-12-11-18-14(7-10-19(22)23)3-2-4-16(18)13-21/h2-10H,11-13H2,1H3,(H,22,23)/b10-7+. The molecular weight excluding hydrogens is 318 g/mol. The second-order valence-electron chi connectivity index (χ2n) is 5.86. The molecule has 5 heteroatoms. The molecule has 0 aromatic heterocycles. The van der Waals surface area contributed by atoms with E-state index in [9.17, 15) is 9.59 Å². The summed E-state index contributed by atoms with van der Waals surface area (Å²) in [6.45, 7) is 1.13. The predicted molar refractivity (Wildman–Crippen MR) is 94.6 cm³/mol. The Morgan fingerprint density at radius 3 is 2.60 bits per heavy atom.